The van der Waals surface area contributed by atoms with Crippen LogP contribution in [0.25, 0.3) is 11.0 Å². The van der Waals surface area contributed by atoms with Crippen molar-refractivity contribution in [1.82, 2.24) is 9.13 Å². The van der Waals surface area contributed by atoms with Crippen LogP contribution in [0.2, 0.25) is 0 Å². The maximum atomic E-state index is 13.7. The number of rotatable bonds is 8. The smallest absolute Gasteiger partial charge is 0.329 e. The number of fused-ring (bicyclic) bond motifs is 3. The Morgan fingerprint density at radius 1 is 0.775 bits per heavy atom. The van der Waals surface area contributed by atoms with Crippen LogP contribution in [-0.4, -0.2) is 107 Å². The third-order valence-electron chi connectivity index (χ3n) is 8.02. The van der Waals surface area contributed by atoms with Gasteiger partial charge in [-0.05, 0) is 39.8 Å². The normalized spacial score (nSPS) is 37.6. The topological polar surface area (TPSA) is 141 Å². The van der Waals surface area contributed by atoms with E-state index in [1.165, 1.54) is 23.4 Å². The van der Waals surface area contributed by atoms with Gasteiger partial charge in [0.25, 0.3) is 0 Å². The lowest BCUT2D eigenvalue weighted by Gasteiger charge is -2.28. The number of para-hydroxylation sites is 2. The van der Waals surface area contributed by atoms with E-state index < -0.39 is 78.7 Å². The van der Waals surface area contributed by atoms with Crippen LogP contribution in [0.3, 0.4) is 0 Å². The highest BCUT2D eigenvalue weighted by atomic mass is 16.9. The van der Waals surface area contributed by atoms with Crippen LogP contribution in [0.4, 0.5) is 0 Å². The van der Waals surface area contributed by atoms with Gasteiger partial charge in [0.05, 0.1) is 24.1 Å². The molecule has 4 aliphatic rings. The summed E-state index contributed by atoms with van der Waals surface area (Å²) in [7, 11) is 3.04. The number of methoxy groups -OCH3 is 2. The molecule has 4 unspecified atom stereocenters. The van der Waals surface area contributed by atoms with Crippen molar-refractivity contribution in [2.24, 2.45) is 0 Å². The van der Waals surface area contributed by atoms with Gasteiger partial charge >= 0.3 is 5.69 Å². The van der Waals surface area contributed by atoms with Crippen molar-refractivity contribution in [1.29, 1.82) is 0 Å². The standard InChI is InChI=1S/C27H38N2O11/c1-26(2)37-21-19(33-5)17(35-23(21)39-26)15(30)11-28-13-9-7-8-10-14(13)29(25(28)32)12-16(31)18-20(34-6)22-24(36-18)40-27(3,4)38-22/h7-10,15-24,30-31H,11-12H2,1-6H3/t15?,16?,17-,18-,19+,20+,21-,22?,23-,24?/m1/s1. The molecule has 4 saturated heterocycles. The second-order valence-corrected chi connectivity index (χ2v) is 11.7. The van der Waals surface area contributed by atoms with Crippen molar-refractivity contribution in [3.63, 3.8) is 0 Å². The summed E-state index contributed by atoms with van der Waals surface area (Å²) in [5.41, 5.74) is 0.793. The summed E-state index contributed by atoms with van der Waals surface area (Å²) < 4.78 is 49.6. The van der Waals surface area contributed by atoms with E-state index in [0.29, 0.717) is 11.0 Å². The summed E-state index contributed by atoms with van der Waals surface area (Å²) in [6.07, 6.45) is -7.36. The van der Waals surface area contributed by atoms with Gasteiger partial charge in [-0.15, -0.1) is 0 Å². The average Bonchev–Trinajstić information content (AvgIpc) is 3.63. The Balaban J connectivity index is 1.22. The molecule has 13 heteroatoms. The minimum absolute atomic E-state index is 0.0721. The average molecular weight is 567 g/mol. The van der Waals surface area contributed by atoms with Crippen LogP contribution < -0.4 is 5.69 Å². The monoisotopic (exact) mass is 566 g/mol. The number of hydrogen-bond acceptors (Lipinski definition) is 11. The van der Waals surface area contributed by atoms with E-state index in [1.54, 1.807) is 39.8 Å². The molecule has 1 aromatic carbocycles. The lowest BCUT2D eigenvalue weighted by molar-refractivity contribution is -0.228. The first-order chi connectivity index (χ1) is 18.9. The fourth-order valence-corrected chi connectivity index (χ4v) is 6.37. The molecule has 4 fully saturated rings. The van der Waals surface area contributed by atoms with Crippen LogP contribution in [-0.2, 0) is 51.0 Å². The van der Waals surface area contributed by atoms with Gasteiger partial charge in [0.1, 0.15) is 48.8 Å². The Bertz CT molecular complexity index is 1200. The number of ether oxygens (including phenoxy) is 8. The second-order valence-electron chi connectivity index (χ2n) is 11.7. The molecule has 4 aliphatic heterocycles. The number of hydrogen-bond donors (Lipinski definition) is 2. The highest BCUT2D eigenvalue weighted by Crippen LogP contribution is 2.41. The van der Waals surface area contributed by atoms with Gasteiger partial charge in [0, 0.05) is 14.2 Å². The van der Waals surface area contributed by atoms with Crippen LogP contribution in [0.15, 0.2) is 29.1 Å². The van der Waals surface area contributed by atoms with Gasteiger partial charge < -0.3 is 48.1 Å². The first kappa shape index (κ1) is 28.2. The fraction of sp³-hybridized carbons (Fsp3) is 0.741. The van der Waals surface area contributed by atoms with Gasteiger partial charge in [-0.1, -0.05) is 12.1 Å². The van der Waals surface area contributed by atoms with Crippen molar-refractivity contribution < 1.29 is 48.1 Å². The number of imidazole rings is 1. The molecule has 10 atom stereocenters. The highest BCUT2D eigenvalue weighted by Gasteiger charge is 2.58. The molecule has 1 aromatic heterocycles. The molecule has 0 amide bonds. The number of nitrogens with zero attached hydrogens (tertiary/aromatic N) is 2. The molecule has 13 nitrogen and oxygen atoms in total. The Kier molecular flexibility index (Phi) is 7.14. The Morgan fingerprint density at radius 3 is 1.55 bits per heavy atom. The number of aliphatic hydroxyl groups excluding tert-OH is 2. The first-order valence-corrected chi connectivity index (χ1v) is 13.5. The van der Waals surface area contributed by atoms with E-state index in [2.05, 4.69) is 0 Å². The molecular weight excluding hydrogens is 528 g/mol. The summed E-state index contributed by atoms with van der Waals surface area (Å²) in [6, 6.07) is 7.19. The van der Waals surface area contributed by atoms with Gasteiger partial charge in [-0.25, -0.2) is 4.79 Å². The minimum Gasteiger partial charge on any atom is -0.388 e. The summed E-state index contributed by atoms with van der Waals surface area (Å²) in [5, 5.41) is 22.5. The molecule has 0 saturated carbocycles. The zero-order chi connectivity index (χ0) is 28.6. The predicted molar refractivity (Wildman–Crippen MR) is 137 cm³/mol. The summed E-state index contributed by atoms with van der Waals surface area (Å²) in [4.78, 5) is 13.7. The number of aromatic nitrogens is 2. The predicted octanol–water partition coefficient (Wildman–Crippen LogP) is 0.308. The molecular formula is C27H38N2O11. The van der Waals surface area contributed by atoms with Crippen LogP contribution in [0.5, 0.6) is 0 Å². The lowest BCUT2D eigenvalue weighted by Crippen LogP contribution is -2.46. The van der Waals surface area contributed by atoms with E-state index in [9.17, 15) is 15.0 Å². The summed E-state index contributed by atoms with van der Waals surface area (Å²) in [6.45, 7) is 7.00. The minimum atomic E-state index is -1.11. The Morgan fingerprint density at radius 2 is 1.18 bits per heavy atom. The number of benzene rings is 1. The van der Waals surface area contributed by atoms with Crippen molar-refractivity contribution in [3.05, 3.63) is 34.7 Å². The van der Waals surface area contributed by atoms with Crippen molar-refractivity contribution in [2.75, 3.05) is 14.2 Å². The van der Waals surface area contributed by atoms with Gasteiger partial charge in [-0.2, -0.15) is 0 Å². The quantitative estimate of drug-likeness (QED) is 0.456. The fourth-order valence-electron chi connectivity index (χ4n) is 6.37. The van der Waals surface area contributed by atoms with E-state index in [-0.39, 0.29) is 13.1 Å². The zero-order valence-electron chi connectivity index (χ0n) is 23.5. The van der Waals surface area contributed by atoms with E-state index in [4.69, 9.17) is 37.9 Å². The van der Waals surface area contributed by atoms with Crippen LogP contribution >= 0.6 is 0 Å². The molecule has 0 bridgehead atoms. The molecule has 2 aromatic rings. The third kappa shape index (κ3) is 4.71. The zero-order valence-corrected chi connectivity index (χ0v) is 23.5. The maximum absolute atomic E-state index is 13.7. The van der Waals surface area contributed by atoms with E-state index >= 15 is 0 Å². The van der Waals surface area contributed by atoms with Gasteiger partial charge in [0.2, 0.25) is 0 Å². The highest BCUT2D eigenvalue weighted by molar-refractivity contribution is 5.76. The molecule has 0 radical (unpaired) electrons. The molecule has 0 spiro atoms. The van der Waals surface area contributed by atoms with Crippen LogP contribution in [0.1, 0.15) is 27.7 Å². The molecule has 2 N–H and O–H groups in total. The van der Waals surface area contributed by atoms with Crippen molar-refractivity contribution in [3.8, 4) is 0 Å². The van der Waals surface area contributed by atoms with Crippen LogP contribution in [0, 0.1) is 0 Å². The second kappa shape index (κ2) is 10.1. The third-order valence-corrected chi connectivity index (χ3v) is 8.02. The SMILES string of the molecule is CO[C@@H]1[C@H]2OC(C)(C)O[C@H]2O[C@@H]1C(O)Cn1c(=O)n(CC(O)[C@H]2OC3OC(C)(C)OC3[C@H]2OC)c2ccccc21. The van der Waals surface area contributed by atoms with E-state index in [1.807, 2.05) is 12.1 Å². The van der Waals surface area contributed by atoms with Crippen molar-refractivity contribution in [2.45, 2.75) is 114 Å². The van der Waals surface area contributed by atoms with Gasteiger partial charge in [-0.3, -0.25) is 9.13 Å². The molecule has 40 heavy (non-hydrogen) atoms. The molecule has 0 aliphatic carbocycles. The molecule has 6 rings (SSSR count). The van der Waals surface area contributed by atoms with Gasteiger partial charge in [0.15, 0.2) is 24.2 Å². The maximum Gasteiger partial charge on any atom is 0.329 e. The lowest BCUT2D eigenvalue weighted by atomic mass is 10.1. The molecule has 222 valence electrons. The Hall–Kier alpha value is -1.91. The molecule has 5 heterocycles. The number of aliphatic hydroxyl groups is 2. The van der Waals surface area contributed by atoms with Crippen molar-refractivity contribution >= 4 is 11.0 Å². The largest absolute Gasteiger partial charge is 0.388 e. The summed E-state index contributed by atoms with van der Waals surface area (Å²) in [5.74, 6) is -1.66. The van der Waals surface area contributed by atoms with E-state index in [0.717, 1.165) is 0 Å². The first-order valence-electron chi connectivity index (χ1n) is 13.5. The summed E-state index contributed by atoms with van der Waals surface area (Å²) >= 11 is 0. The Labute approximate surface area is 231 Å².